The second kappa shape index (κ2) is 7.48. The smallest absolute Gasteiger partial charge is 0.317 e. The fraction of sp³-hybridized carbons (Fsp3) is 0.500. The molecule has 2 amide bonds. The Kier molecular flexibility index (Phi) is 4.91. The molecule has 0 bridgehead atoms. The van der Waals surface area contributed by atoms with Crippen LogP contribution in [0.15, 0.2) is 30.5 Å². The van der Waals surface area contributed by atoms with E-state index in [1.54, 1.807) is 0 Å². The van der Waals surface area contributed by atoms with Gasteiger partial charge in [0.05, 0.1) is 12.2 Å². The zero-order valence-electron chi connectivity index (χ0n) is 15.0. The number of benzene rings is 1. The maximum atomic E-state index is 13.0. The second-order valence-corrected chi connectivity index (χ2v) is 7.39. The molecule has 5 nitrogen and oxygen atoms in total. The van der Waals surface area contributed by atoms with Gasteiger partial charge in [0.2, 0.25) is 0 Å². The number of nitrogens with zero attached hydrogens (tertiary/aromatic N) is 3. The number of aromatic nitrogens is 2. The van der Waals surface area contributed by atoms with Crippen molar-refractivity contribution in [1.29, 1.82) is 0 Å². The van der Waals surface area contributed by atoms with E-state index in [1.807, 2.05) is 17.0 Å². The molecule has 3 heterocycles. The molecular formula is C20H25FN4O. The van der Waals surface area contributed by atoms with Gasteiger partial charge in [0.15, 0.2) is 0 Å². The number of nitrogens with one attached hydrogen (secondary N) is 1. The van der Waals surface area contributed by atoms with Gasteiger partial charge in [-0.2, -0.15) is 0 Å². The number of fused-ring (bicyclic) bond motifs is 1. The third-order valence-corrected chi connectivity index (χ3v) is 5.39. The Morgan fingerprint density at radius 1 is 1.23 bits per heavy atom. The average molecular weight is 356 g/mol. The highest BCUT2D eigenvalue weighted by atomic mass is 19.1. The number of aryl methyl sites for hydroxylation is 2. The molecule has 1 N–H and O–H groups in total. The number of carbonyl (C=O) groups excluding carboxylic acids is 1. The summed E-state index contributed by atoms with van der Waals surface area (Å²) in [6.07, 6.45) is 7.38. The van der Waals surface area contributed by atoms with Crippen LogP contribution in [0.2, 0.25) is 0 Å². The number of rotatable bonds is 4. The number of amides is 2. The number of hydrogen-bond acceptors (Lipinski definition) is 2. The number of likely N-dealkylation sites (tertiary alicyclic amines) is 1. The molecule has 26 heavy (non-hydrogen) atoms. The number of imidazole rings is 1. The minimum absolute atomic E-state index is 0.0161. The first kappa shape index (κ1) is 17.1. The lowest BCUT2D eigenvalue weighted by atomic mass is 9.99. The highest BCUT2D eigenvalue weighted by Crippen LogP contribution is 2.21. The monoisotopic (exact) mass is 356 g/mol. The molecule has 1 saturated heterocycles. The van der Waals surface area contributed by atoms with Crippen molar-refractivity contribution in [2.24, 2.45) is 5.92 Å². The Balaban J connectivity index is 1.26. The van der Waals surface area contributed by atoms with Gasteiger partial charge in [-0.1, -0.05) is 12.1 Å². The third-order valence-electron chi connectivity index (χ3n) is 5.39. The lowest BCUT2D eigenvalue weighted by molar-refractivity contribution is 0.206. The van der Waals surface area contributed by atoms with E-state index in [4.69, 9.17) is 0 Å². The molecule has 0 aliphatic carbocycles. The summed E-state index contributed by atoms with van der Waals surface area (Å²) in [5.74, 6) is 1.37. The van der Waals surface area contributed by atoms with Crippen LogP contribution in [0.5, 0.6) is 0 Å². The number of halogens is 1. The van der Waals surface area contributed by atoms with Gasteiger partial charge in [0.25, 0.3) is 0 Å². The van der Waals surface area contributed by atoms with Crippen molar-refractivity contribution in [1.82, 2.24) is 19.8 Å². The molecule has 1 aromatic heterocycles. The third kappa shape index (κ3) is 3.89. The van der Waals surface area contributed by atoms with E-state index in [-0.39, 0.29) is 11.8 Å². The zero-order chi connectivity index (χ0) is 17.9. The molecule has 1 aromatic carbocycles. The van der Waals surface area contributed by atoms with Crippen LogP contribution in [0, 0.1) is 11.7 Å². The molecule has 2 aromatic rings. The van der Waals surface area contributed by atoms with Crippen LogP contribution in [-0.4, -0.2) is 33.6 Å². The summed E-state index contributed by atoms with van der Waals surface area (Å²) in [6, 6.07) is 6.65. The molecule has 2 aliphatic heterocycles. The molecule has 138 valence electrons. The van der Waals surface area contributed by atoms with Crippen molar-refractivity contribution in [3.8, 4) is 0 Å². The van der Waals surface area contributed by atoms with Crippen LogP contribution in [0.4, 0.5) is 9.18 Å². The highest BCUT2D eigenvalue weighted by Gasteiger charge is 2.26. The van der Waals surface area contributed by atoms with Gasteiger partial charge in [-0.15, -0.1) is 0 Å². The van der Waals surface area contributed by atoms with Gasteiger partial charge in [-0.05, 0) is 49.3 Å². The topological polar surface area (TPSA) is 50.2 Å². The molecule has 4 rings (SSSR count). The van der Waals surface area contributed by atoms with Crippen LogP contribution in [-0.2, 0) is 25.9 Å². The van der Waals surface area contributed by atoms with Gasteiger partial charge in [-0.25, -0.2) is 14.2 Å². The fourth-order valence-corrected chi connectivity index (χ4v) is 3.97. The summed E-state index contributed by atoms with van der Waals surface area (Å²) < 4.78 is 15.2. The van der Waals surface area contributed by atoms with Crippen molar-refractivity contribution >= 4 is 6.03 Å². The van der Waals surface area contributed by atoms with E-state index >= 15 is 0 Å². The van der Waals surface area contributed by atoms with Gasteiger partial charge >= 0.3 is 6.03 Å². The summed E-state index contributed by atoms with van der Waals surface area (Å²) in [4.78, 5) is 18.9. The van der Waals surface area contributed by atoms with Crippen molar-refractivity contribution in [3.63, 3.8) is 0 Å². The fourth-order valence-electron chi connectivity index (χ4n) is 3.97. The molecule has 0 radical (unpaired) electrons. The summed E-state index contributed by atoms with van der Waals surface area (Å²) in [5.41, 5.74) is 2.07. The van der Waals surface area contributed by atoms with Crippen molar-refractivity contribution < 1.29 is 9.18 Å². The number of hydrogen-bond donors (Lipinski definition) is 1. The molecule has 6 heteroatoms. The molecule has 1 atom stereocenters. The SMILES string of the molecule is O=C(NCc1cn2c(n1)CCCC2)N1CCC(Cc2ccc(F)cc2)C1. The van der Waals surface area contributed by atoms with Crippen molar-refractivity contribution in [3.05, 3.63) is 53.4 Å². The predicted molar refractivity (Wildman–Crippen MR) is 97.2 cm³/mol. The van der Waals surface area contributed by atoms with Gasteiger partial charge in [0.1, 0.15) is 11.6 Å². The first-order valence-corrected chi connectivity index (χ1v) is 9.49. The number of carbonyl (C=O) groups is 1. The maximum Gasteiger partial charge on any atom is 0.317 e. The Hall–Kier alpha value is -2.37. The van der Waals surface area contributed by atoms with E-state index in [0.717, 1.165) is 56.0 Å². The molecule has 2 aliphatic rings. The predicted octanol–water partition coefficient (Wildman–Crippen LogP) is 3.13. The lowest BCUT2D eigenvalue weighted by Crippen LogP contribution is -2.38. The van der Waals surface area contributed by atoms with Crippen molar-refractivity contribution in [2.75, 3.05) is 13.1 Å². The number of urea groups is 1. The normalized spacial score (nSPS) is 19.4. The van der Waals surface area contributed by atoms with Crippen LogP contribution >= 0.6 is 0 Å². The first-order chi connectivity index (χ1) is 12.7. The zero-order valence-corrected chi connectivity index (χ0v) is 15.0. The van der Waals surface area contributed by atoms with E-state index in [2.05, 4.69) is 21.1 Å². The molecule has 1 fully saturated rings. The molecule has 0 spiro atoms. The molecular weight excluding hydrogens is 331 g/mol. The van der Waals surface area contributed by atoms with Crippen LogP contribution in [0.1, 0.15) is 36.3 Å². The van der Waals surface area contributed by atoms with Crippen molar-refractivity contribution in [2.45, 2.75) is 45.2 Å². The Morgan fingerprint density at radius 2 is 2.08 bits per heavy atom. The standard InChI is InChI=1S/C20H25FN4O/c21-17-6-4-15(5-7-17)11-16-8-10-25(13-16)20(26)22-12-18-14-24-9-2-1-3-19(24)23-18/h4-7,14,16H,1-3,8-13H2,(H,22,26). The van der Waals surface area contributed by atoms with Gasteiger partial charge in [-0.3, -0.25) is 0 Å². The average Bonchev–Trinajstić information content (AvgIpc) is 3.28. The minimum atomic E-state index is -0.206. The minimum Gasteiger partial charge on any atom is -0.335 e. The van der Waals surface area contributed by atoms with Gasteiger partial charge < -0.3 is 14.8 Å². The maximum absolute atomic E-state index is 13.0. The Bertz CT molecular complexity index is 747. The second-order valence-electron chi connectivity index (χ2n) is 7.39. The Morgan fingerprint density at radius 3 is 2.88 bits per heavy atom. The summed E-state index contributed by atoms with van der Waals surface area (Å²) in [7, 11) is 0. The first-order valence-electron chi connectivity index (χ1n) is 9.49. The molecule has 1 unspecified atom stereocenters. The summed E-state index contributed by atoms with van der Waals surface area (Å²) >= 11 is 0. The summed E-state index contributed by atoms with van der Waals surface area (Å²) in [5, 5.41) is 3.00. The quantitative estimate of drug-likeness (QED) is 0.915. The molecule has 0 saturated carbocycles. The lowest BCUT2D eigenvalue weighted by Gasteiger charge is -2.17. The van der Waals surface area contributed by atoms with E-state index in [0.29, 0.717) is 12.5 Å². The van der Waals surface area contributed by atoms with E-state index in [1.165, 1.54) is 25.0 Å². The van der Waals surface area contributed by atoms with Gasteiger partial charge in [0, 0.05) is 32.3 Å². The largest absolute Gasteiger partial charge is 0.335 e. The van der Waals surface area contributed by atoms with Crippen LogP contribution in [0.3, 0.4) is 0 Å². The van der Waals surface area contributed by atoms with Crippen LogP contribution in [0.25, 0.3) is 0 Å². The Labute approximate surface area is 153 Å². The van der Waals surface area contributed by atoms with Crippen LogP contribution < -0.4 is 5.32 Å². The highest BCUT2D eigenvalue weighted by molar-refractivity contribution is 5.74. The van der Waals surface area contributed by atoms with E-state index in [9.17, 15) is 9.18 Å². The van der Waals surface area contributed by atoms with E-state index < -0.39 is 0 Å². The summed E-state index contributed by atoms with van der Waals surface area (Å²) in [6.45, 7) is 3.05.